The molecule has 4 heteroatoms. The van der Waals surface area contributed by atoms with Gasteiger partial charge in [-0.15, -0.1) is 0 Å². The molecule has 1 aromatic carbocycles. The van der Waals surface area contributed by atoms with E-state index in [2.05, 4.69) is 0 Å². The van der Waals surface area contributed by atoms with Crippen LogP contribution < -0.4 is 0 Å². The molecule has 0 spiro atoms. The predicted octanol–water partition coefficient (Wildman–Crippen LogP) is 2.85. The van der Waals surface area contributed by atoms with Gasteiger partial charge in [0.25, 0.3) is 0 Å². The highest BCUT2D eigenvalue weighted by atomic mass is 35.5. The van der Waals surface area contributed by atoms with E-state index in [9.17, 15) is 9.90 Å². The smallest absolute Gasteiger partial charge is 0.305 e. The van der Waals surface area contributed by atoms with Crippen molar-refractivity contribution in [2.24, 2.45) is 0 Å². The number of ether oxygens (including phenoxy) is 1. The first-order valence-corrected chi connectivity index (χ1v) is 5.93. The zero-order chi connectivity index (χ0) is 13.2. The second-order valence-electron chi connectivity index (χ2n) is 4.13. The van der Waals surface area contributed by atoms with Crippen LogP contribution in [0.5, 0.6) is 0 Å². The van der Waals surface area contributed by atoms with Crippen LogP contribution in [0, 0.1) is 0 Å². The van der Waals surface area contributed by atoms with Gasteiger partial charge in [0.15, 0.2) is 0 Å². The molecule has 1 aliphatic carbocycles. The number of aliphatic hydroxyl groups is 1. The van der Waals surface area contributed by atoms with Crippen molar-refractivity contribution < 1.29 is 14.6 Å². The molecular formula is C14H13ClO3. The molecule has 0 aromatic heterocycles. The maximum Gasteiger partial charge on any atom is 0.305 e. The van der Waals surface area contributed by atoms with Gasteiger partial charge in [-0.05, 0) is 17.2 Å². The van der Waals surface area contributed by atoms with Gasteiger partial charge in [-0.1, -0.05) is 48.0 Å². The normalized spacial score (nSPS) is 23.1. The maximum absolute atomic E-state index is 10.9. The third-order valence-corrected chi connectivity index (χ3v) is 2.95. The zero-order valence-electron chi connectivity index (χ0n) is 9.89. The lowest BCUT2D eigenvalue weighted by Gasteiger charge is -2.27. The van der Waals surface area contributed by atoms with Crippen molar-refractivity contribution >= 4 is 23.1 Å². The largest absolute Gasteiger partial charge is 0.429 e. The standard InChI is InChI=1S/C14H13ClO3/c1-10(16)18-14(17)8-7-12(13(15)9-14)11-5-3-2-4-6-11/h2-8,17H,9H2,1H3. The van der Waals surface area contributed by atoms with Crippen LogP contribution in [-0.4, -0.2) is 16.9 Å². The monoisotopic (exact) mass is 264 g/mol. The van der Waals surface area contributed by atoms with Crippen LogP contribution in [0.1, 0.15) is 18.9 Å². The summed E-state index contributed by atoms with van der Waals surface area (Å²) in [5, 5.41) is 10.5. The van der Waals surface area contributed by atoms with Gasteiger partial charge in [0.05, 0.1) is 6.42 Å². The number of hydrogen-bond donors (Lipinski definition) is 1. The minimum Gasteiger partial charge on any atom is -0.429 e. The SMILES string of the molecule is CC(=O)OC1(O)C=CC(c2ccccc2)=C(Cl)C1. The molecule has 0 aliphatic heterocycles. The quantitative estimate of drug-likeness (QED) is 0.660. The van der Waals surface area contributed by atoms with Crippen molar-refractivity contribution in [3.05, 3.63) is 53.1 Å². The fourth-order valence-electron chi connectivity index (χ4n) is 1.87. The number of hydrogen-bond acceptors (Lipinski definition) is 3. The average molecular weight is 265 g/mol. The highest BCUT2D eigenvalue weighted by Gasteiger charge is 2.32. The molecule has 1 aromatic rings. The Morgan fingerprint density at radius 1 is 1.39 bits per heavy atom. The molecule has 0 amide bonds. The molecule has 2 rings (SSSR count). The van der Waals surface area contributed by atoms with E-state index < -0.39 is 11.8 Å². The number of allylic oxidation sites excluding steroid dienone is 2. The van der Waals surface area contributed by atoms with Gasteiger partial charge >= 0.3 is 5.97 Å². The first kappa shape index (κ1) is 12.9. The predicted molar refractivity (Wildman–Crippen MR) is 69.7 cm³/mol. The van der Waals surface area contributed by atoms with Crippen LogP contribution in [0.3, 0.4) is 0 Å². The summed E-state index contributed by atoms with van der Waals surface area (Å²) in [4.78, 5) is 10.9. The summed E-state index contributed by atoms with van der Waals surface area (Å²) in [5.41, 5.74) is 1.79. The van der Waals surface area contributed by atoms with E-state index in [1.807, 2.05) is 30.3 Å². The number of carbonyl (C=O) groups is 1. The van der Waals surface area contributed by atoms with Gasteiger partial charge in [-0.3, -0.25) is 4.79 Å². The summed E-state index contributed by atoms with van der Waals surface area (Å²) in [7, 11) is 0. The summed E-state index contributed by atoms with van der Waals surface area (Å²) >= 11 is 6.16. The minimum atomic E-state index is -1.64. The molecular weight excluding hydrogens is 252 g/mol. The van der Waals surface area contributed by atoms with Crippen LogP contribution in [0.4, 0.5) is 0 Å². The average Bonchev–Trinajstić information content (AvgIpc) is 2.28. The summed E-state index contributed by atoms with van der Waals surface area (Å²) in [6.07, 6.45) is 3.18. The van der Waals surface area contributed by atoms with Crippen molar-refractivity contribution in [1.82, 2.24) is 0 Å². The van der Waals surface area contributed by atoms with Crippen molar-refractivity contribution in [1.29, 1.82) is 0 Å². The molecule has 1 N–H and O–H groups in total. The Morgan fingerprint density at radius 3 is 2.61 bits per heavy atom. The van der Waals surface area contributed by atoms with E-state index in [1.54, 1.807) is 6.08 Å². The Hall–Kier alpha value is -1.58. The number of esters is 1. The highest BCUT2D eigenvalue weighted by Crippen LogP contribution is 2.35. The molecule has 1 aliphatic rings. The lowest BCUT2D eigenvalue weighted by Crippen LogP contribution is -2.33. The molecule has 0 saturated heterocycles. The van der Waals surface area contributed by atoms with E-state index in [0.717, 1.165) is 11.1 Å². The molecule has 94 valence electrons. The Balaban J connectivity index is 2.26. The molecule has 3 nitrogen and oxygen atoms in total. The van der Waals surface area contributed by atoms with Gasteiger partial charge in [-0.25, -0.2) is 0 Å². The van der Waals surface area contributed by atoms with Crippen LogP contribution in [0.2, 0.25) is 0 Å². The number of carbonyl (C=O) groups excluding carboxylic acids is 1. The molecule has 1 atom stereocenters. The second-order valence-corrected chi connectivity index (χ2v) is 4.59. The molecule has 1 unspecified atom stereocenters. The first-order valence-electron chi connectivity index (χ1n) is 5.55. The Kier molecular flexibility index (Phi) is 3.55. The highest BCUT2D eigenvalue weighted by molar-refractivity contribution is 6.33. The number of halogens is 1. The van der Waals surface area contributed by atoms with Gasteiger partial charge < -0.3 is 9.84 Å². The van der Waals surface area contributed by atoms with E-state index in [1.165, 1.54) is 13.0 Å². The zero-order valence-corrected chi connectivity index (χ0v) is 10.6. The van der Waals surface area contributed by atoms with E-state index in [4.69, 9.17) is 16.3 Å². The van der Waals surface area contributed by atoms with Gasteiger partial charge in [-0.2, -0.15) is 0 Å². The lowest BCUT2D eigenvalue weighted by molar-refractivity contribution is -0.187. The maximum atomic E-state index is 10.9. The third kappa shape index (κ3) is 2.81. The summed E-state index contributed by atoms with van der Waals surface area (Å²) in [5.74, 6) is -2.18. The lowest BCUT2D eigenvalue weighted by atomic mass is 9.96. The van der Waals surface area contributed by atoms with Crippen molar-refractivity contribution in [3.8, 4) is 0 Å². The minimum absolute atomic E-state index is 0.0643. The van der Waals surface area contributed by atoms with E-state index >= 15 is 0 Å². The molecule has 0 fully saturated rings. The van der Waals surface area contributed by atoms with E-state index in [0.29, 0.717) is 5.03 Å². The molecule has 0 radical (unpaired) electrons. The fourth-order valence-corrected chi connectivity index (χ4v) is 2.23. The Bertz CT molecular complexity index is 519. The fraction of sp³-hybridized carbons (Fsp3) is 0.214. The van der Waals surface area contributed by atoms with Crippen molar-refractivity contribution in [3.63, 3.8) is 0 Å². The Morgan fingerprint density at radius 2 is 2.06 bits per heavy atom. The van der Waals surface area contributed by atoms with Crippen LogP contribution >= 0.6 is 11.6 Å². The summed E-state index contributed by atoms with van der Waals surface area (Å²) in [6.45, 7) is 1.25. The molecule has 0 saturated carbocycles. The van der Waals surface area contributed by atoms with Gasteiger partial charge in [0.2, 0.25) is 5.79 Å². The Labute approximate surface area is 110 Å². The topological polar surface area (TPSA) is 46.5 Å². The van der Waals surface area contributed by atoms with Crippen molar-refractivity contribution in [2.45, 2.75) is 19.1 Å². The molecule has 0 heterocycles. The van der Waals surface area contributed by atoms with Crippen LogP contribution in [0.15, 0.2) is 47.5 Å². The van der Waals surface area contributed by atoms with Gasteiger partial charge in [0, 0.05) is 12.0 Å². The first-order chi connectivity index (χ1) is 8.50. The van der Waals surface area contributed by atoms with Crippen LogP contribution in [0.25, 0.3) is 5.57 Å². The molecule has 18 heavy (non-hydrogen) atoms. The number of benzene rings is 1. The summed E-state index contributed by atoms with van der Waals surface area (Å²) in [6, 6.07) is 9.59. The second kappa shape index (κ2) is 4.96. The molecule has 0 bridgehead atoms. The summed E-state index contributed by atoms with van der Waals surface area (Å²) < 4.78 is 4.84. The number of rotatable bonds is 2. The third-order valence-electron chi connectivity index (χ3n) is 2.62. The van der Waals surface area contributed by atoms with E-state index in [-0.39, 0.29) is 6.42 Å². The van der Waals surface area contributed by atoms with Gasteiger partial charge in [0.1, 0.15) is 0 Å². The van der Waals surface area contributed by atoms with Crippen LogP contribution in [-0.2, 0) is 9.53 Å². The van der Waals surface area contributed by atoms with Crippen molar-refractivity contribution in [2.75, 3.05) is 0 Å².